The molecule has 9 heteroatoms. The second kappa shape index (κ2) is 8.20. The van der Waals surface area contributed by atoms with Crippen LogP contribution in [0, 0.1) is 35.5 Å². The second-order valence-corrected chi connectivity index (χ2v) is 10.5. The Morgan fingerprint density at radius 3 is 2.19 bits per heavy atom. The Balaban J connectivity index is 1.34. The summed E-state index contributed by atoms with van der Waals surface area (Å²) in [5.41, 5.74) is -0.482. The van der Waals surface area contributed by atoms with Gasteiger partial charge in [-0.05, 0) is 53.9 Å². The first-order chi connectivity index (χ1) is 17.1. The molecule has 1 aliphatic heterocycles. The van der Waals surface area contributed by atoms with E-state index in [2.05, 4.69) is 5.32 Å². The summed E-state index contributed by atoms with van der Waals surface area (Å²) in [6, 6.07) is 10.3. The highest BCUT2D eigenvalue weighted by atomic mass is 35.5. The molecule has 2 aromatic rings. The lowest BCUT2D eigenvalue weighted by Crippen LogP contribution is -2.49. The number of carbonyl (C=O) groups excluding carboxylic acids is 3. The van der Waals surface area contributed by atoms with Crippen LogP contribution in [0.15, 0.2) is 60.7 Å². The Hall–Kier alpha value is -3.13. The molecule has 36 heavy (non-hydrogen) atoms. The Kier molecular flexibility index (Phi) is 5.30. The van der Waals surface area contributed by atoms with Gasteiger partial charge in [-0.3, -0.25) is 19.3 Å². The van der Waals surface area contributed by atoms with Gasteiger partial charge in [0.1, 0.15) is 6.04 Å². The third kappa shape index (κ3) is 3.65. The van der Waals surface area contributed by atoms with Crippen molar-refractivity contribution in [2.45, 2.75) is 25.1 Å². The number of benzene rings is 2. The minimum absolute atomic E-state index is 0.00945. The highest BCUT2D eigenvalue weighted by Crippen LogP contribution is 2.65. The van der Waals surface area contributed by atoms with E-state index in [1.807, 2.05) is 12.2 Å². The van der Waals surface area contributed by atoms with Crippen molar-refractivity contribution in [2.24, 2.45) is 35.5 Å². The van der Waals surface area contributed by atoms with Crippen molar-refractivity contribution in [3.63, 3.8) is 0 Å². The van der Waals surface area contributed by atoms with Crippen LogP contribution >= 0.6 is 11.6 Å². The molecule has 0 aromatic heterocycles. The number of allylic oxidation sites excluding steroid dienone is 2. The van der Waals surface area contributed by atoms with Crippen molar-refractivity contribution in [2.75, 3.05) is 5.32 Å². The van der Waals surface area contributed by atoms with Crippen LogP contribution < -0.4 is 5.32 Å². The Morgan fingerprint density at radius 2 is 1.61 bits per heavy atom. The van der Waals surface area contributed by atoms with Crippen molar-refractivity contribution in [3.8, 4) is 0 Å². The minimum atomic E-state index is -4.63. The first-order valence-corrected chi connectivity index (χ1v) is 12.3. The standard InChI is InChI=1S/C27H22ClF3N2O3/c28-19-9-6-14(27(29,30)31)11-20(19)32-24(34)21(10-13-4-2-1-3-5-13)33-25(35)22-15-7-8-16(18-12-17(15)18)23(22)26(33)36/h1-9,11,15-18,21-23H,10,12H2,(H,32,34)/t15-,16-,17-,18-,21-,22+,23+/m0/s1. The van der Waals surface area contributed by atoms with Crippen molar-refractivity contribution in [1.29, 1.82) is 0 Å². The summed E-state index contributed by atoms with van der Waals surface area (Å²) in [7, 11) is 0. The predicted octanol–water partition coefficient (Wildman–Crippen LogP) is 4.96. The molecule has 186 valence electrons. The van der Waals surface area contributed by atoms with Crippen molar-refractivity contribution in [3.05, 3.63) is 76.8 Å². The Morgan fingerprint density at radius 1 is 1.00 bits per heavy atom. The van der Waals surface area contributed by atoms with Gasteiger partial charge in [0, 0.05) is 6.42 Å². The fourth-order valence-electron chi connectivity index (χ4n) is 6.44. The Labute approximate surface area is 210 Å². The molecule has 7 rings (SSSR count). The maximum absolute atomic E-state index is 13.7. The van der Waals surface area contributed by atoms with Gasteiger partial charge in [-0.2, -0.15) is 13.2 Å². The first-order valence-electron chi connectivity index (χ1n) is 11.9. The smallest absolute Gasteiger partial charge is 0.323 e. The molecular formula is C27H22ClF3N2O3. The summed E-state index contributed by atoms with van der Waals surface area (Å²) in [6.45, 7) is 0. The zero-order valence-corrected chi connectivity index (χ0v) is 19.7. The number of likely N-dealkylation sites (tertiary alicyclic amines) is 1. The van der Waals surface area contributed by atoms with Crippen molar-refractivity contribution >= 4 is 35.0 Å². The minimum Gasteiger partial charge on any atom is -0.323 e. The number of amides is 3. The molecule has 2 bridgehead atoms. The second-order valence-electron chi connectivity index (χ2n) is 10.1. The zero-order chi connectivity index (χ0) is 25.4. The molecule has 5 aliphatic rings. The number of hydrogen-bond donors (Lipinski definition) is 1. The van der Waals surface area contributed by atoms with Gasteiger partial charge in [0.05, 0.1) is 28.1 Å². The highest BCUT2D eigenvalue weighted by Gasteiger charge is 2.67. The van der Waals surface area contributed by atoms with Crippen LogP contribution in [-0.2, 0) is 27.0 Å². The van der Waals surface area contributed by atoms with Crippen LogP contribution in [0.3, 0.4) is 0 Å². The fourth-order valence-corrected chi connectivity index (χ4v) is 6.60. The van der Waals surface area contributed by atoms with Gasteiger partial charge in [-0.15, -0.1) is 0 Å². The molecule has 4 aliphatic carbocycles. The number of hydrogen-bond acceptors (Lipinski definition) is 3. The molecule has 0 unspecified atom stereocenters. The molecule has 1 heterocycles. The van der Waals surface area contributed by atoms with Gasteiger partial charge in [0.15, 0.2) is 0 Å². The monoisotopic (exact) mass is 514 g/mol. The summed E-state index contributed by atoms with van der Waals surface area (Å²) < 4.78 is 39.8. The van der Waals surface area contributed by atoms with Crippen LogP contribution in [0.5, 0.6) is 0 Å². The molecule has 2 aromatic carbocycles. The number of carbonyl (C=O) groups is 3. The third-order valence-electron chi connectivity index (χ3n) is 8.13. The summed E-state index contributed by atoms with van der Waals surface area (Å²) in [5.74, 6) is -1.69. The van der Waals surface area contributed by atoms with Gasteiger partial charge in [0.2, 0.25) is 17.7 Å². The largest absolute Gasteiger partial charge is 0.416 e. The average molecular weight is 515 g/mol. The lowest BCUT2D eigenvalue weighted by molar-refractivity contribution is -0.146. The molecule has 2 saturated carbocycles. The fraction of sp³-hybridized carbons (Fsp3) is 0.370. The SMILES string of the molecule is O=C(Nc1cc(C(F)(F)F)ccc1Cl)[C@H](Cc1ccccc1)N1C(=O)[C@@H]2[C@H]3C=C[C@@H]([C@@H]4C[C@@H]34)[C@H]2C1=O. The number of halogens is 4. The number of alkyl halides is 3. The van der Waals surface area contributed by atoms with E-state index in [1.165, 1.54) is 0 Å². The maximum atomic E-state index is 13.7. The van der Waals surface area contributed by atoms with Gasteiger partial charge in [-0.25, -0.2) is 0 Å². The Bertz CT molecular complexity index is 1260. The summed E-state index contributed by atoms with van der Waals surface area (Å²) in [4.78, 5) is 41.9. The van der Waals surface area contributed by atoms with E-state index in [0.717, 1.165) is 29.5 Å². The van der Waals surface area contributed by atoms with E-state index < -0.39 is 35.5 Å². The molecule has 0 spiro atoms. The highest BCUT2D eigenvalue weighted by molar-refractivity contribution is 6.33. The van der Waals surface area contributed by atoms with Gasteiger partial charge in [0.25, 0.3) is 0 Å². The number of nitrogens with one attached hydrogen (secondary N) is 1. The van der Waals surface area contributed by atoms with E-state index in [-0.39, 0.29) is 40.8 Å². The van der Waals surface area contributed by atoms with Crippen LogP contribution in [0.25, 0.3) is 0 Å². The van der Waals surface area contributed by atoms with Gasteiger partial charge < -0.3 is 5.32 Å². The third-order valence-corrected chi connectivity index (χ3v) is 8.46. The normalized spacial score (nSPS) is 30.7. The van der Waals surface area contributed by atoms with E-state index in [1.54, 1.807) is 30.3 Å². The van der Waals surface area contributed by atoms with Crippen molar-refractivity contribution < 1.29 is 27.6 Å². The van der Waals surface area contributed by atoms with Crippen LogP contribution in [0.4, 0.5) is 18.9 Å². The zero-order valence-electron chi connectivity index (χ0n) is 18.9. The lowest BCUT2D eigenvalue weighted by Gasteiger charge is -2.37. The topological polar surface area (TPSA) is 66.5 Å². The quantitative estimate of drug-likeness (QED) is 0.453. The molecule has 3 fully saturated rings. The van der Waals surface area contributed by atoms with E-state index in [9.17, 15) is 27.6 Å². The van der Waals surface area contributed by atoms with E-state index in [4.69, 9.17) is 11.6 Å². The number of anilines is 1. The summed E-state index contributed by atoms with van der Waals surface area (Å²) in [6.07, 6.45) is 0.511. The molecule has 1 saturated heterocycles. The number of rotatable bonds is 5. The van der Waals surface area contributed by atoms with Crippen LogP contribution in [0.2, 0.25) is 5.02 Å². The number of imide groups is 1. The first kappa shape index (κ1) is 23.3. The summed E-state index contributed by atoms with van der Waals surface area (Å²) in [5, 5.41) is 2.39. The molecule has 3 amide bonds. The predicted molar refractivity (Wildman–Crippen MR) is 126 cm³/mol. The molecule has 5 nitrogen and oxygen atoms in total. The molecule has 1 N–H and O–H groups in total. The maximum Gasteiger partial charge on any atom is 0.416 e. The lowest BCUT2D eigenvalue weighted by atomic mass is 9.63. The van der Waals surface area contributed by atoms with Crippen LogP contribution in [0.1, 0.15) is 17.5 Å². The molecule has 7 atom stereocenters. The number of nitrogens with zero attached hydrogens (tertiary/aromatic N) is 1. The summed E-state index contributed by atoms with van der Waals surface area (Å²) >= 11 is 6.10. The molecule has 0 radical (unpaired) electrons. The van der Waals surface area contributed by atoms with Crippen molar-refractivity contribution in [1.82, 2.24) is 4.90 Å². The van der Waals surface area contributed by atoms with Gasteiger partial charge >= 0.3 is 6.18 Å². The average Bonchev–Trinajstić information content (AvgIpc) is 3.62. The van der Waals surface area contributed by atoms with E-state index in [0.29, 0.717) is 17.4 Å². The van der Waals surface area contributed by atoms with Crippen LogP contribution in [-0.4, -0.2) is 28.7 Å². The molecular weight excluding hydrogens is 493 g/mol. The van der Waals surface area contributed by atoms with Gasteiger partial charge in [-0.1, -0.05) is 54.1 Å². The van der Waals surface area contributed by atoms with E-state index >= 15 is 0 Å².